The lowest BCUT2D eigenvalue weighted by molar-refractivity contribution is -0.121. The van der Waals surface area contributed by atoms with Crippen LogP contribution in [0.1, 0.15) is 36.9 Å². The Balaban J connectivity index is 1.57. The molecule has 130 valence electrons. The third-order valence-corrected chi connectivity index (χ3v) is 4.69. The molecule has 25 heavy (non-hydrogen) atoms. The third-order valence-electron chi connectivity index (χ3n) is 4.43. The minimum absolute atomic E-state index is 0.0348. The SMILES string of the molecule is CC(NC(=O)Cc1ccc(N2CCCC2=O)cc1)c1ccc(Cl)cc1. The summed E-state index contributed by atoms with van der Waals surface area (Å²) < 4.78 is 0. The van der Waals surface area contributed by atoms with Crippen LogP contribution in [-0.4, -0.2) is 18.4 Å². The fourth-order valence-electron chi connectivity index (χ4n) is 3.03. The van der Waals surface area contributed by atoms with Gasteiger partial charge in [0.15, 0.2) is 0 Å². The molecule has 1 heterocycles. The first-order chi connectivity index (χ1) is 12.0. The molecule has 0 bridgehead atoms. The number of hydrogen-bond donors (Lipinski definition) is 1. The van der Waals surface area contributed by atoms with Crippen molar-refractivity contribution in [2.45, 2.75) is 32.2 Å². The maximum Gasteiger partial charge on any atom is 0.227 e. The maximum absolute atomic E-state index is 12.3. The summed E-state index contributed by atoms with van der Waals surface area (Å²) in [5.41, 5.74) is 2.85. The first-order valence-corrected chi connectivity index (χ1v) is 8.85. The van der Waals surface area contributed by atoms with Crippen LogP contribution in [-0.2, 0) is 16.0 Å². The zero-order valence-corrected chi connectivity index (χ0v) is 14.9. The van der Waals surface area contributed by atoms with Crippen molar-refractivity contribution in [3.8, 4) is 0 Å². The minimum atomic E-state index is -0.0775. The lowest BCUT2D eigenvalue weighted by Gasteiger charge is -2.17. The molecule has 0 aliphatic carbocycles. The Bertz CT molecular complexity index is 756. The first kappa shape index (κ1) is 17.5. The molecule has 1 N–H and O–H groups in total. The summed E-state index contributed by atoms with van der Waals surface area (Å²) in [6.45, 7) is 2.72. The van der Waals surface area contributed by atoms with E-state index >= 15 is 0 Å². The van der Waals surface area contributed by atoms with Crippen LogP contribution >= 0.6 is 11.6 Å². The first-order valence-electron chi connectivity index (χ1n) is 8.47. The molecule has 1 unspecified atom stereocenters. The molecule has 0 spiro atoms. The Labute approximate surface area is 152 Å². The van der Waals surface area contributed by atoms with E-state index in [2.05, 4.69) is 5.32 Å². The summed E-state index contributed by atoms with van der Waals surface area (Å²) in [5.74, 6) is 0.134. The van der Waals surface area contributed by atoms with Crippen molar-refractivity contribution in [3.63, 3.8) is 0 Å². The second kappa shape index (κ2) is 7.70. The number of halogens is 1. The highest BCUT2D eigenvalue weighted by Crippen LogP contribution is 2.22. The number of carbonyl (C=O) groups excluding carboxylic acids is 2. The summed E-state index contributed by atoms with van der Waals surface area (Å²) in [4.78, 5) is 25.8. The number of amides is 2. The van der Waals surface area contributed by atoms with Crippen molar-refractivity contribution in [1.29, 1.82) is 0 Å². The summed E-state index contributed by atoms with van der Waals surface area (Å²) in [5, 5.41) is 3.67. The summed E-state index contributed by atoms with van der Waals surface area (Å²) in [6.07, 6.45) is 1.84. The molecule has 1 atom stereocenters. The van der Waals surface area contributed by atoms with E-state index in [-0.39, 0.29) is 17.9 Å². The Morgan fingerprint density at radius 3 is 2.44 bits per heavy atom. The van der Waals surface area contributed by atoms with Crippen molar-refractivity contribution in [3.05, 3.63) is 64.7 Å². The lowest BCUT2D eigenvalue weighted by atomic mass is 10.1. The van der Waals surface area contributed by atoms with Crippen LogP contribution in [0.3, 0.4) is 0 Å². The van der Waals surface area contributed by atoms with Crippen molar-refractivity contribution < 1.29 is 9.59 Å². The molecule has 2 aromatic rings. The van der Waals surface area contributed by atoms with Gasteiger partial charge in [-0.1, -0.05) is 35.9 Å². The Hall–Kier alpha value is -2.33. The monoisotopic (exact) mass is 356 g/mol. The van der Waals surface area contributed by atoms with Gasteiger partial charge in [0, 0.05) is 23.7 Å². The highest BCUT2D eigenvalue weighted by atomic mass is 35.5. The van der Waals surface area contributed by atoms with Crippen LogP contribution in [0.15, 0.2) is 48.5 Å². The number of nitrogens with zero attached hydrogens (tertiary/aromatic N) is 1. The van der Waals surface area contributed by atoms with E-state index in [0.717, 1.165) is 29.8 Å². The Kier molecular flexibility index (Phi) is 5.39. The van der Waals surface area contributed by atoms with Crippen molar-refractivity contribution in [1.82, 2.24) is 5.32 Å². The fraction of sp³-hybridized carbons (Fsp3) is 0.300. The number of hydrogen-bond acceptors (Lipinski definition) is 2. The van der Waals surface area contributed by atoms with E-state index < -0.39 is 0 Å². The van der Waals surface area contributed by atoms with Crippen molar-refractivity contribution >= 4 is 29.1 Å². The standard InChI is InChI=1S/C20H21ClN2O2/c1-14(16-6-8-17(21)9-7-16)22-19(24)13-15-4-10-18(11-5-15)23-12-2-3-20(23)25/h4-11,14H,2-3,12-13H2,1H3,(H,22,24). The molecule has 5 heteroatoms. The van der Waals surface area contributed by atoms with Crippen molar-refractivity contribution in [2.75, 3.05) is 11.4 Å². The van der Waals surface area contributed by atoms with E-state index in [1.807, 2.05) is 55.5 Å². The predicted octanol–water partition coefficient (Wildman–Crippen LogP) is 3.89. The van der Waals surface area contributed by atoms with Crippen LogP contribution < -0.4 is 10.2 Å². The van der Waals surface area contributed by atoms with Crippen molar-refractivity contribution in [2.24, 2.45) is 0 Å². The number of rotatable bonds is 5. The van der Waals surface area contributed by atoms with Crippen LogP contribution in [0.2, 0.25) is 5.02 Å². The molecule has 0 aromatic heterocycles. The van der Waals surface area contributed by atoms with Gasteiger partial charge in [0.25, 0.3) is 0 Å². The second-order valence-electron chi connectivity index (χ2n) is 6.33. The summed E-state index contributed by atoms with van der Waals surface area (Å²) in [7, 11) is 0. The zero-order valence-electron chi connectivity index (χ0n) is 14.2. The molecule has 1 aliphatic heterocycles. The van der Waals surface area contributed by atoms with Gasteiger partial charge in [-0.25, -0.2) is 0 Å². The largest absolute Gasteiger partial charge is 0.349 e. The normalized spacial score (nSPS) is 15.3. The molecule has 3 rings (SSSR count). The Morgan fingerprint density at radius 2 is 1.84 bits per heavy atom. The van der Waals surface area contributed by atoms with Gasteiger partial charge < -0.3 is 10.2 Å². The fourth-order valence-corrected chi connectivity index (χ4v) is 3.15. The van der Waals surface area contributed by atoms with E-state index in [9.17, 15) is 9.59 Å². The third kappa shape index (κ3) is 4.40. The van der Waals surface area contributed by atoms with E-state index in [0.29, 0.717) is 17.9 Å². The second-order valence-corrected chi connectivity index (χ2v) is 6.77. The predicted molar refractivity (Wildman–Crippen MR) is 99.7 cm³/mol. The van der Waals surface area contributed by atoms with Gasteiger partial charge in [-0.05, 0) is 48.7 Å². The van der Waals surface area contributed by atoms with Crippen LogP contribution in [0, 0.1) is 0 Å². The van der Waals surface area contributed by atoms with Gasteiger partial charge in [0.05, 0.1) is 12.5 Å². The molecule has 2 aromatic carbocycles. The Morgan fingerprint density at radius 1 is 1.16 bits per heavy atom. The highest BCUT2D eigenvalue weighted by Gasteiger charge is 2.21. The summed E-state index contributed by atoms with van der Waals surface area (Å²) in [6, 6.07) is 15.0. The maximum atomic E-state index is 12.3. The molecular weight excluding hydrogens is 336 g/mol. The number of carbonyl (C=O) groups is 2. The minimum Gasteiger partial charge on any atom is -0.349 e. The van der Waals surface area contributed by atoms with E-state index in [1.165, 1.54) is 0 Å². The molecule has 2 amide bonds. The molecule has 0 saturated carbocycles. The van der Waals surface area contributed by atoms with Gasteiger partial charge in [0.1, 0.15) is 0 Å². The lowest BCUT2D eigenvalue weighted by Crippen LogP contribution is -2.28. The van der Waals surface area contributed by atoms with Gasteiger partial charge in [-0.2, -0.15) is 0 Å². The van der Waals surface area contributed by atoms with Crippen LogP contribution in [0.5, 0.6) is 0 Å². The van der Waals surface area contributed by atoms with Gasteiger partial charge in [0.2, 0.25) is 11.8 Å². The number of nitrogens with one attached hydrogen (secondary N) is 1. The molecular formula is C20H21ClN2O2. The van der Waals surface area contributed by atoms with E-state index in [4.69, 9.17) is 11.6 Å². The van der Waals surface area contributed by atoms with Crippen LogP contribution in [0.25, 0.3) is 0 Å². The molecule has 1 saturated heterocycles. The van der Waals surface area contributed by atoms with Crippen LogP contribution in [0.4, 0.5) is 5.69 Å². The zero-order chi connectivity index (χ0) is 17.8. The number of anilines is 1. The average Bonchev–Trinajstić information content (AvgIpc) is 3.02. The molecule has 1 fully saturated rings. The molecule has 4 nitrogen and oxygen atoms in total. The number of benzene rings is 2. The quantitative estimate of drug-likeness (QED) is 0.883. The molecule has 1 aliphatic rings. The van der Waals surface area contributed by atoms with E-state index in [1.54, 1.807) is 4.90 Å². The summed E-state index contributed by atoms with van der Waals surface area (Å²) >= 11 is 5.89. The molecule has 0 radical (unpaired) electrons. The highest BCUT2D eigenvalue weighted by molar-refractivity contribution is 6.30. The van der Waals surface area contributed by atoms with Gasteiger partial charge in [-0.3, -0.25) is 9.59 Å². The average molecular weight is 357 g/mol. The van der Waals surface area contributed by atoms with Gasteiger partial charge >= 0.3 is 0 Å². The topological polar surface area (TPSA) is 49.4 Å². The van der Waals surface area contributed by atoms with Gasteiger partial charge in [-0.15, -0.1) is 0 Å². The smallest absolute Gasteiger partial charge is 0.227 e.